The van der Waals surface area contributed by atoms with E-state index in [1.165, 1.54) is 0 Å². The largest absolute Gasteiger partial charge is 0.444 e. The number of nitrogens with zero attached hydrogens (tertiary/aromatic N) is 1. The van der Waals surface area contributed by atoms with Crippen LogP contribution in [-0.2, 0) is 25.7 Å². The molecule has 0 saturated carbocycles. The molecule has 0 bridgehead atoms. The Hall–Kier alpha value is -2.32. The fraction of sp³-hybridized carbons (Fsp3) is 0.556. The molecule has 1 aromatic carbocycles. The summed E-state index contributed by atoms with van der Waals surface area (Å²) in [5, 5.41) is 0. The van der Waals surface area contributed by atoms with Gasteiger partial charge in [0, 0.05) is 0 Å². The SMILES string of the molecule is CC(C)(C)OC(=O)N1CC2OC2[C@H]1CONC(=O)OCc1ccccc1. The van der Waals surface area contributed by atoms with Gasteiger partial charge in [-0.1, -0.05) is 30.3 Å². The van der Waals surface area contributed by atoms with Crippen LogP contribution >= 0.6 is 0 Å². The first-order chi connectivity index (χ1) is 12.3. The highest BCUT2D eigenvalue weighted by atomic mass is 16.7. The number of rotatable bonds is 5. The number of nitrogens with one attached hydrogen (secondary N) is 1. The first-order valence-electron chi connectivity index (χ1n) is 8.57. The molecule has 142 valence electrons. The average molecular weight is 364 g/mol. The molecule has 1 N–H and O–H groups in total. The van der Waals surface area contributed by atoms with E-state index >= 15 is 0 Å². The monoisotopic (exact) mass is 364 g/mol. The molecule has 0 spiro atoms. The maximum Gasteiger partial charge on any atom is 0.431 e. The molecule has 1 aromatic rings. The van der Waals surface area contributed by atoms with E-state index in [0.29, 0.717) is 6.54 Å². The number of hydroxylamine groups is 1. The van der Waals surface area contributed by atoms with Crippen molar-refractivity contribution in [1.29, 1.82) is 0 Å². The van der Waals surface area contributed by atoms with Gasteiger partial charge in [-0.05, 0) is 26.3 Å². The number of morpholine rings is 1. The highest BCUT2D eigenvalue weighted by Gasteiger charge is 2.57. The second-order valence-corrected chi connectivity index (χ2v) is 7.31. The highest BCUT2D eigenvalue weighted by Crippen LogP contribution is 2.37. The number of benzene rings is 1. The second kappa shape index (κ2) is 7.51. The van der Waals surface area contributed by atoms with E-state index in [0.717, 1.165) is 5.56 Å². The summed E-state index contributed by atoms with van der Waals surface area (Å²) in [7, 11) is 0. The number of amides is 2. The van der Waals surface area contributed by atoms with E-state index in [1.54, 1.807) is 4.90 Å². The number of likely N-dealkylation sites (tertiary alicyclic amines) is 1. The smallest absolute Gasteiger partial charge is 0.431 e. The van der Waals surface area contributed by atoms with Crippen molar-refractivity contribution in [2.75, 3.05) is 13.2 Å². The Labute approximate surface area is 152 Å². The minimum atomic E-state index is -0.691. The van der Waals surface area contributed by atoms with Crippen LogP contribution in [0.3, 0.4) is 0 Å². The van der Waals surface area contributed by atoms with Gasteiger partial charge in [0.25, 0.3) is 0 Å². The molecule has 8 nitrogen and oxygen atoms in total. The summed E-state index contributed by atoms with van der Waals surface area (Å²) in [6.07, 6.45) is -1.16. The summed E-state index contributed by atoms with van der Waals surface area (Å²) < 4.78 is 15.9. The lowest BCUT2D eigenvalue weighted by Gasteiger charge is -2.29. The van der Waals surface area contributed by atoms with Crippen molar-refractivity contribution in [1.82, 2.24) is 10.4 Å². The van der Waals surface area contributed by atoms with Gasteiger partial charge in [-0.3, -0.25) is 9.74 Å². The van der Waals surface area contributed by atoms with Gasteiger partial charge in [-0.2, -0.15) is 5.48 Å². The van der Waals surface area contributed by atoms with Crippen LogP contribution in [0.5, 0.6) is 0 Å². The molecule has 0 aliphatic carbocycles. The fourth-order valence-corrected chi connectivity index (χ4v) is 2.80. The van der Waals surface area contributed by atoms with Crippen molar-refractivity contribution in [2.45, 2.75) is 51.2 Å². The van der Waals surface area contributed by atoms with Crippen molar-refractivity contribution in [3.8, 4) is 0 Å². The summed E-state index contributed by atoms with van der Waals surface area (Å²) in [5.74, 6) is 0. The summed E-state index contributed by atoms with van der Waals surface area (Å²) in [4.78, 5) is 30.8. The molecule has 26 heavy (non-hydrogen) atoms. The lowest BCUT2D eigenvalue weighted by molar-refractivity contribution is -0.0253. The quantitative estimate of drug-likeness (QED) is 0.637. The number of ether oxygens (including phenoxy) is 3. The number of carbonyl (C=O) groups excluding carboxylic acids is 2. The molecule has 2 heterocycles. The van der Waals surface area contributed by atoms with Crippen LogP contribution in [0.1, 0.15) is 26.3 Å². The summed E-state index contributed by atoms with van der Waals surface area (Å²) >= 11 is 0. The van der Waals surface area contributed by atoms with E-state index in [2.05, 4.69) is 5.48 Å². The van der Waals surface area contributed by atoms with Gasteiger partial charge in [-0.25, -0.2) is 9.59 Å². The van der Waals surface area contributed by atoms with Crippen LogP contribution in [0.4, 0.5) is 9.59 Å². The third-order valence-electron chi connectivity index (χ3n) is 4.03. The number of hydrogen-bond donors (Lipinski definition) is 1. The average Bonchev–Trinajstić information content (AvgIpc) is 3.26. The first kappa shape index (κ1) is 18.5. The Balaban J connectivity index is 1.41. The fourth-order valence-electron chi connectivity index (χ4n) is 2.80. The van der Waals surface area contributed by atoms with E-state index < -0.39 is 17.8 Å². The maximum atomic E-state index is 12.3. The van der Waals surface area contributed by atoms with Crippen molar-refractivity contribution in [3.63, 3.8) is 0 Å². The molecule has 2 aliphatic rings. The maximum absolute atomic E-state index is 12.3. The minimum absolute atomic E-state index is 0.0150. The molecule has 3 rings (SSSR count). The van der Waals surface area contributed by atoms with Crippen LogP contribution < -0.4 is 5.48 Å². The molecular formula is C18H24N2O6. The second-order valence-electron chi connectivity index (χ2n) is 7.31. The van der Waals surface area contributed by atoms with Crippen LogP contribution in [0.25, 0.3) is 0 Å². The first-order valence-corrected chi connectivity index (χ1v) is 8.57. The molecule has 2 amide bonds. The molecule has 0 aromatic heterocycles. The van der Waals surface area contributed by atoms with Crippen LogP contribution in [-0.4, -0.2) is 54.1 Å². The summed E-state index contributed by atoms with van der Waals surface area (Å²) in [6, 6.07) is 9.03. The van der Waals surface area contributed by atoms with E-state index in [9.17, 15) is 9.59 Å². The molecule has 3 atom stereocenters. The predicted octanol–water partition coefficient (Wildman–Crippen LogP) is 2.23. The Morgan fingerprint density at radius 1 is 1.27 bits per heavy atom. The van der Waals surface area contributed by atoms with Gasteiger partial charge in [0.1, 0.15) is 24.4 Å². The Bertz CT molecular complexity index is 645. The summed E-state index contributed by atoms with van der Waals surface area (Å²) in [5.41, 5.74) is 2.54. The Morgan fingerprint density at radius 3 is 2.69 bits per heavy atom. The van der Waals surface area contributed by atoms with Gasteiger partial charge >= 0.3 is 12.2 Å². The molecule has 2 aliphatic heterocycles. The zero-order chi connectivity index (χ0) is 18.7. The third kappa shape index (κ3) is 4.86. The van der Waals surface area contributed by atoms with Gasteiger partial charge in [-0.15, -0.1) is 0 Å². The van der Waals surface area contributed by atoms with Gasteiger partial charge in [0.05, 0.1) is 19.2 Å². The Kier molecular flexibility index (Phi) is 5.33. The predicted molar refractivity (Wildman–Crippen MR) is 91.1 cm³/mol. The zero-order valence-corrected chi connectivity index (χ0v) is 15.1. The lowest BCUT2D eigenvalue weighted by Crippen LogP contribution is -2.46. The third-order valence-corrected chi connectivity index (χ3v) is 4.03. The van der Waals surface area contributed by atoms with Gasteiger partial charge in [0.2, 0.25) is 0 Å². The number of epoxide rings is 1. The van der Waals surface area contributed by atoms with Crippen LogP contribution in [0.2, 0.25) is 0 Å². The zero-order valence-electron chi connectivity index (χ0n) is 15.1. The van der Waals surface area contributed by atoms with E-state index in [-0.39, 0.29) is 31.5 Å². The van der Waals surface area contributed by atoms with Crippen molar-refractivity contribution in [2.24, 2.45) is 0 Å². The molecule has 2 unspecified atom stereocenters. The topological polar surface area (TPSA) is 89.6 Å². The lowest BCUT2D eigenvalue weighted by atomic mass is 10.2. The highest BCUT2D eigenvalue weighted by molar-refractivity contribution is 5.69. The normalized spacial score (nSPS) is 24.0. The number of hydrogen-bond acceptors (Lipinski definition) is 6. The van der Waals surface area contributed by atoms with Crippen LogP contribution in [0.15, 0.2) is 30.3 Å². The minimum Gasteiger partial charge on any atom is -0.444 e. The number of carbonyl (C=O) groups is 2. The van der Waals surface area contributed by atoms with E-state index in [4.69, 9.17) is 19.0 Å². The summed E-state index contributed by atoms with van der Waals surface area (Å²) in [6.45, 7) is 6.15. The molecule has 0 radical (unpaired) electrons. The van der Waals surface area contributed by atoms with Crippen molar-refractivity contribution in [3.05, 3.63) is 35.9 Å². The van der Waals surface area contributed by atoms with E-state index in [1.807, 2.05) is 51.1 Å². The van der Waals surface area contributed by atoms with Crippen LogP contribution in [0, 0.1) is 0 Å². The van der Waals surface area contributed by atoms with Gasteiger partial charge in [0.15, 0.2) is 0 Å². The van der Waals surface area contributed by atoms with Gasteiger partial charge < -0.3 is 14.2 Å². The molecular weight excluding hydrogens is 340 g/mol. The molecule has 2 saturated heterocycles. The van der Waals surface area contributed by atoms with Crippen molar-refractivity contribution < 1.29 is 28.6 Å². The molecule has 2 fully saturated rings. The Morgan fingerprint density at radius 2 is 2.00 bits per heavy atom. The number of fused-ring (bicyclic) bond motifs is 1. The van der Waals surface area contributed by atoms with Crippen molar-refractivity contribution >= 4 is 12.2 Å². The standard InChI is InChI=1S/C18H24N2O6/c1-18(2,3)26-17(22)20-9-14-15(25-14)13(20)11-24-19-16(21)23-10-12-7-5-4-6-8-12/h4-8,13-15H,9-11H2,1-3H3,(H,19,21)/t13-,14?,15?/m1/s1. The molecule has 8 heteroatoms.